The van der Waals surface area contributed by atoms with Crippen LogP contribution in [-0.4, -0.2) is 73.6 Å². The van der Waals surface area contributed by atoms with E-state index < -0.39 is 82.8 Å². The van der Waals surface area contributed by atoms with Crippen LogP contribution >= 0.6 is 0 Å². The van der Waals surface area contributed by atoms with Gasteiger partial charge in [0.25, 0.3) is 5.91 Å². The number of fused-ring (bicyclic) bond motifs is 1. The van der Waals surface area contributed by atoms with Gasteiger partial charge in [-0.1, -0.05) is 18.2 Å². The highest BCUT2D eigenvalue weighted by Gasteiger charge is 2.46. The number of anilines is 1. The molecule has 4 aromatic rings. The summed E-state index contributed by atoms with van der Waals surface area (Å²) in [5.74, 6) is -5.88. The van der Waals surface area contributed by atoms with E-state index in [9.17, 15) is 35.9 Å². The lowest BCUT2D eigenvalue weighted by molar-refractivity contribution is -0.167. The Morgan fingerprint density at radius 1 is 1.04 bits per heavy atom. The lowest BCUT2D eigenvalue weighted by Crippen LogP contribution is -2.53. The number of ether oxygens (including phenoxy) is 3. The van der Waals surface area contributed by atoms with Crippen LogP contribution in [0.5, 0.6) is 5.75 Å². The molecule has 9 nitrogen and oxygen atoms in total. The molecular weight excluding hydrogens is 684 g/mol. The van der Waals surface area contributed by atoms with E-state index in [1.807, 2.05) is 0 Å². The minimum Gasteiger partial charge on any atom is -0.493 e. The van der Waals surface area contributed by atoms with Gasteiger partial charge in [0.2, 0.25) is 0 Å². The minimum atomic E-state index is -4.86. The summed E-state index contributed by atoms with van der Waals surface area (Å²) in [6.07, 6.45) is -7.53. The smallest absolute Gasteiger partial charge is 0.422 e. The molecule has 0 bridgehead atoms. The fourth-order valence-corrected chi connectivity index (χ4v) is 5.71. The Labute approximate surface area is 279 Å². The van der Waals surface area contributed by atoms with Crippen LogP contribution in [0.15, 0.2) is 54.9 Å². The molecule has 266 valence electrons. The molecule has 0 spiro atoms. The lowest BCUT2D eigenvalue weighted by Gasteiger charge is -2.38. The lowest BCUT2D eigenvalue weighted by atomic mass is 9.95. The van der Waals surface area contributed by atoms with Crippen molar-refractivity contribution in [1.29, 1.82) is 0 Å². The summed E-state index contributed by atoms with van der Waals surface area (Å²) in [5.41, 5.74) is -2.91. The number of carbonyl (C=O) groups is 2. The van der Waals surface area contributed by atoms with Gasteiger partial charge in [0.1, 0.15) is 40.6 Å². The first-order valence-electron chi connectivity index (χ1n) is 15.0. The molecule has 17 heteroatoms. The molecule has 0 radical (unpaired) electrons. The molecule has 1 fully saturated rings. The topological polar surface area (TPSA) is 103 Å². The van der Waals surface area contributed by atoms with E-state index in [-0.39, 0.29) is 48.2 Å². The van der Waals surface area contributed by atoms with Crippen LogP contribution in [0.3, 0.4) is 0 Å². The number of benzene rings is 2. The predicted molar refractivity (Wildman–Crippen MR) is 162 cm³/mol. The number of nitrogens with one attached hydrogen (secondary N) is 1. The van der Waals surface area contributed by atoms with Gasteiger partial charge >= 0.3 is 18.3 Å². The number of methoxy groups -OCH3 is 1. The van der Waals surface area contributed by atoms with Crippen molar-refractivity contribution in [3.05, 3.63) is 83.2 Å². The van der Waals surface area contributed by atoms with Gasteiger partial charge in [0, 0.05) is 42.0 Å². The number of halogens is 8. The van der Waals surface area contributed by atoms with E-state index >= 15 is 8.78 Å². The third-order valence-corrected chi connectivity index (χ3v) is 7.92. The third kappa shape index (κ3) is 7.41. The van der Waals surface area contributed by atoms with Crippen LogP contribution in [0.2, 0.25) is 0 Å². The molecule has 3 heterocycles. The average molecular weight is 713 g/mol. The number of hydrogen-bond acceptors (Lipinski definition) is 8. The van der Waals surface area contributed by atoms with Crippen molar-refractivity contribution in [3.63, 3.8) is 0 Å². The molecule has 1 aliphatic heterocycles. The number of morpholine rings is 1. The van der Waals surface area contributed by atoms with Crippen LogP contribution in [-0.2, 0) is 26.9 Å². The van der Waals surface area contributed by atoms with Crippen LogP contribution in [0.25, 0.3) is 22.2 Å². The van der Waals surface area contributed by atoms with Crippen molar-refractivity contribution in [2.75, 3.05) is 38.4 Å². The highest BCUT2D eigenvalue weighted by atomic mass is 19.4. The van der Waals surface area contributed by atoms with E-state index in [4.69, 9.17) is 14.2 Å². The van der Waals surface area contributed by atoms with E-state index in [2.05, 4.69) is 15.3 Å². The maximum atomic E-state index is 15.2. The Kier molecular flexibility index (Phi) is 10.5. The van der Waals surface area contributed by atoms with Crippen LogP contribution in [0, 0.1) is 11.6 Å². The van der Waals surface area contributed by atoms with Crippen LogP contribution in [0.1, 0.15) is 28.4 Å². The number of aromatic nitrogens is 2. The number of pyridine rings is 2. The van der Waals surface area contributed by atoms with Gasteiger partial charge in [0.15, 0.2) is 0 Å². The van der Waals surface area contributed by atoms with Crippen molar-refractivity contribution in [2.24, 2.45) is 0 Å². The molecule has 1 saturated heterocycles. The quantitative estimate of drug-likeness (QED) is 0.160. The number of carbonyl (C=O) groups excluding carboxylic acids is 2. The summed E-state index contributed by atoms with van der Waals surface area (Å²) in [4.78, 5) is 34.9. The zero-order valence-corrected chi connectivity index (χ0v) is 26.3. The van der Waals surface area contributed by atoms with Gasteiger partial charge in [-0.05, 0) is 36.8 Å². The number of nitrogens with zero attached hydrogens (tertiary/aromatic N) is 3. The molecule has 50 heavy (non-hydrogen) atoms. The van der Waals surface area contributed by atoms with Crippen molar-refractivity contribution < 1.29 is 58.9 Å². The molecule has 5 rings (SSSR count). The predicted octanol–water partition coefficient (Wildman–Crippen LogP) is 6.27. The monoisotopic (exact) mass is 712 g/mol. The van der Waals surface area contributed by atoms with E-state index in [0.717, 1.165) is 24.3 Å². The van der Waals surface area contributed by atoms with E-state index in [1.165, 1.54) is 37.4 Å². The Morgan fingerprint density at radius 2 is 1.76 bits per heavy atom. The minimum absolute atomic E-state index is 0.0193. The first-order valence-corrected chi connectivity index (χ1v) is 15.0. The summed E-state index contributed by atoms with van der Waals surface area (Å²) in [7, 11) is 0.995. The number of amides is 1. The van der Waals surface area contributed by atoms with Crippen molar-refractivity contribution >= 4 is 28.5 Å². The van der Waals surface area contributed by atoms with Crippen LogP contribution in [0.4, 0.5) is 40.8 Å². The normalized spacial score (nSPS) is 15.9. The molecule has 0 saturated carbocycles. The van der Waals surface area contributed by atoms with Gasteiger partial charge in [-0.2, -0.15) is 26.3 Å². The first-order chi connectivity index (χ1) is 23.6. The summed E-state index contributed by atoms with van der Waals surface area (Å²) in [5, 5.41) is 2.46. The molecule has 0 unspecified atom stereocenters. The van der Waals surface area contributed by atoms with Gasteiger partial charge in [-0.15, -0.1) is 0 Å². The van der Waals surface area contributed by atoms with E-state index in [0.29, 0.717) is 12.1 Å². The fourth-order valence-electron chi connectivity index (χ4n) is 5.71. The number of esters is 1. The summed E-state index contributed by atoms with van der Waals surface area (Å²) in [6, 6.07) is 4.16. The maximum Gasteiger partial charge on any atom is 0.422 e. The summed E-state index contributed by atoms with van der Waals surface area (Å²) >= 11 is 0. The Bertz CT molecular complexity index is 1880. The summed E-state index contributed by atoms with van der Waals surface area (Å²) < 4.78 is 129. The second kappa shape index (κ2) is 14.4. The third-order valence-electron chi connectivity index (χ3n) is 7.92. The standard InChI is InChI=1S/C33H28F8N4O5/c1-3-50-24-8-10-43-29(27(24)33(39,40)41)20-7-6-17(19-5-4-9-42-28(19)20)13-23(31(47)48-2)44-30(46)26-21(34)14-18(15-22(26)35)45-11-12-49-16-25(45)32(36,37)38/h4-10,14-15,23,25H,3,11-13,16H2,1-2H3,(H,44,46)/t23-,25+/m0/s1. The zero-order valence-electron chi connectivity index (χ0n) is 26.3. The molecule has 1 amide bonds. The molecule has 1 aliphatic rings. The molecule has 1 N–H and O–H groups in total. The fraction of sp³-hybridized carbons (Fsp3) is 0.333. The molecule has 0 aliphatic carbocycles. The Hall–Kier alpha value is -5.06. The Balaban J connectivity index is 1.48. The molecule has 2 atom stereocenters. The largest absolute Gasteiger partial charge is 0.493 e. The molecule has 2 aromatic heterocycles. The van der Waals surface area contributed by atoms with Crippen molar-refractivity contribution in [2.45, 2.75) is 37.8 Å². The second-order valence-corrected chi connectivity index (χ2v) is 11.0. The summed E-state index contributed by atoms with van der Waals surface area (Å²) in [6.45, 7) is 0.254. The van der Waals surface area contributed by atoms with E-state index in [1.54, 1.807) is 0 Å². The van der Waals surface area contributed by atoms with Crippen molar-refractivity contribution in [1.82, 2.24) is 15.3 Å². The van der Waals surface area contributed by atoms with Crippen molar-refractivity contribution in [3.8, 4) is 17.0 Å². The van der Waals surface area contributed by atoms with Crippen LogP contribution < -0.4 is 15.0 Å². The van der Waals surface area contributed by atoms with Gasteiger partial charge in [-0.25, -0.2) is 13.6 Å². The van der Waals surface area contributed by atoms with Gasteiger partial charge in [0.05, 0.1) is 38.1 Å². The first kappa shape index (κ1) is 36.2. The van der Waals surface area contributed by atoms with Gasteiger partial charge in [-0.3, -0.25) is 14.8 Å². The number of hydrogen-bond donors (Lipinski definition) is 1. The number of rotatable bonds is 9. The SMILES string of the molecule is CCOc1ccnc(-c2ccc(C[C@H](NC(=O)c3c(F)cc(N4CCOC[C@@H]4C(F)(F)F)cc3F)C(=O)OC)c3cccnc23)c1C(F)(F)F. The number of alkyl halides is 6. The molecule has 2 aromatic carbocycles. The van der Waals surface area contributed by atoms with Gasteiger partial charge < -0.3 is 24.4 Å². The maximum absolute atomic E-state index is 15.2. The average Bonchev–Trinajstić information content (AvgIpc) is 3.06. The highest BCUT2D eigenvalue weighted by Crippen LogP contribution is 2.43. The second-order valence-electron chi connectivity index (χ2n) is 11.0. The zero-order chi connectivity index (χ0) is 36.4. The molecular formula is C33H28F8N4O5. The highest BCUT2D eigenvalue weighted by molar-refractivity contribution is 5.99. The Morgan fingerprint density at radius 3 is 2.40 bits per heavy atom.